The van der Waals surface area contributed by atoms with E-state index in [-0.39, 0.29) is 0 Å². The van der Waals surface area contributed by atoms with Crippen LogP contribution in [0.3, 0.4) is 0 Å². The Morgan fingerprint density at radius 3 is 2.75 bits per heavy atom. The predicted octanol–water partition coefficient (Wildman–Crippen LogP) is 3.08. The van der Waals surface area contributed by atoms with Crippen LogP contribution in [0.25, 0.3) is 11.0 Å². The van der Waals surface area contributed by atoms with E-state index in [9.17, 15) is 0 Å². The molecule has 2 aromatic heterocycles. The summed E-state index contributed by atoms with van der Waals surface area (Å²) in [4.78, 5) is 14.5. The fourth-order valence-corrected chi connectivity index (χ4v) is 3.41. The Hall–Kier alpha value is -2.40. The first-order valence-electron chi connectivity index (χ1n) is 8.69. The van der Waals surface area contributed by atoms with Gasteiger partial charge in [0.2, 0.25) is 0 Å². The number of hydrogen-bond donors (Lipinski definition) is 2. The molecule has 0 spiro atoms. The maximum absolute atomic E-state index is 4.40. The number of anilines is 1. The van der Waals surface area contributed by atoms with Crippen LogP contribution in [-0.4, -0.2) is 45.5 Å². The maximum atomic E-state index is 4.40. The molecular weight excluding hydrogens is 298 g/mol. The lowest BCUT2D eigenvalue weighted by Crippen LogP contribution is -2.40. The second-order valence-electron chi connectivity index (χ2n) is 6.46. The molecular formula is C19H23N5. The van der Waals surface area contributed by atoms with Crippen LogP contribution in [0, 0.1) is 0 Å². The highest BCUT2D eigenvalue weighted by Crippen LogP contribution is 2.21. The molecule has 3 aromatic rings. The standard InChI is InChI=1S/C19H23N5/c1-2-4-15(5-3-1)7-11-24-12-8-16(9-13-24)23-19-18-17(6-10-20-18)21-14-22-19/h1-6,10,14,16,20H,7-9,11-13H2,(H,21,22,23). The molecule has 5 nitrogen and oxygen atoms in total. The van der Waals surface area contributed by atoms with Gasteiger partial charge >= 0.3 is 0 Å². The Bertz CT molecular complexity index is 775. The molecule has 1 saturated heterocycles. The van der Waals surface area contributed by atoms with Crippen molar-refractivity contribution in [1.82, 2.24) is 19.9 Å². The summed E-state index contributed by atoms with van der Waals surface area (Å²) in [6, 6.07) is 13.2. The van der Waals surface area contributed by atoms with E-state index in [0.29, 0.717) is 6.04 Å². The van der Waals surface area contributed by atoms with E-state index in [2.05, 4.69) is 55.5 Å². The number of nitrogens with zero attached hydrogens (tertiary/aromatic N) is 3. The minimum atomic E-state index is 0.486. The molecule has 0 radical (unpaired) electrons. The average Bonchev–Trinajstić information content (AvgIpc) is 3.12. The minimum absolute atomic E-state index is 0.486. The molecule has 1 fully saturated rings. The number of benzene rings is 1. The lowest BCUT2D eigenvalue weighted by molar-refractivity contribution is 0.221. The molecule has 0 bridgehead atoms. The first-order valence-corrected chi connectivity index (χ1v) is 8.69. The highest BCUT2D eigenvalue weighted by molar-refractivity contribution is 5.85. The van der Waals surface area contributed by atoms with Crippen LogP contribution in [0.1, 0.15) is 18.4 Å². The van der Waals surface area contributed by atoms with Crippen LogP contribution in [-0.2, 0) is 6.42 Å². The van der Waals surface area contributed by atoms with Gasteiger partial charge in [-0.15, -0.1) is 0 Å². The van der Waals surface area contributed by atoms with E-state index in [1.807, 2.05) is 12.3 Å². The molecule has 2 N–H and O–H groups in total. The Balaban J connectivity index is 1.29. The number of H-pyrrole nitrogens is 1. The van der Waals surface area contributed by atoms with Crippen LogP contribution in [0.15, 0.2) is 48.9 Å². The number of aromatic nitrogens is 3. The number of fused-ring (bicyclic) bond motifs is 1. The Morgan fingerprint density at radius 1 is 1.08 bits per heavy atom. The summed E-state index contributed by atoms with van der Waals surface area (Å²) in [5.74, 6) is 0.924. The zero-order valence-electron chi connectivity index (χ0n) is 13.8. The van der Waals surface area contributed by atoms with Crippen molar-refractivity contribution in [3.05, 3.63) is 54.5 Å². The molecule has 0 atom stereocenters. The van der Waals surface area contributed by atoms with Gasteiger partial charge < -0.3 is 15.2 Å². The largest absolute Gasteiger partial charge is 0.365 e. The smallest absolute Gasteiger partial charge is 0.154 e. The van der Waals surface area contributed by atoms with Gasteiger partial charge in [0.25, 0.3) is 0 Å². The van der Waals surface area contributed by atoms with Gasteiger partial charge in [-0.3, -0.25) is 0 Å². The van der Waals surface area contributed by atoms with E-state index in [1.165, 1.54) is 5.56 Å². The van der Waals surface area contributed by atoms with Gasteiger partial charge in [0.1, 0.15) is 11.8 Å². The van der Waals surface area contributed by atoms with Gasteiger partial charge in [-0.2, -0.15) is 0 Å². The fourth-order valence-electron chi connectivity index (χ4n) is 3.41. The third kappa shape index (κ3) is 3.41. The predicted molar refractivity (Wildman–Crippen MR) is 97.1 cm³/mol. The molecule has 0 unspecified atom stereocenters. The average molecular weight is 321 g/mol. The molecule has 0 aliphatic carbocycles. The molecule has 1 aliphatic heterocycles. The van der Waals surface area contributed by atoms with Gasteiger partial charge in [-0.1, -0.05) is 30.3 Å². The zero-order chi connectivity index (χ0) is 16.2. The quantitative estimate of drug-likeness (QED) is 0.758. The van der Waals surface area contributed by atoms with Gasteiger partial charge in [0, 0.05) is 31.9 Å². The summed E-state index contributed by atoms with van der Waals surface area (Å²) in [6.07, 6.45) is 6.99. The monoisotopic (exact) mass is 321 g/mol. The van der Waals surface area contributed by atoms with E-state index in [0.717, 1.165) is 55.7 Å². The van der Waals surface area contributed by atoms with Gasteiger partial charge in [-0.25, -0.2) is 9.97 Å². The number of hydrogen-bond acceptors (Lipinski definition) is 4. The van der Waals surface area contributed by atoms with Crippen molar-refractivity contribution in [3.63, 3.8) is 0 Å². The molecule has 4 rings (SSSR count). The molecule has 1 aromatic carbocycles. The molecule has 0 saturated carbocycles. The van der Waals surface area contributed by atoms with Crippen LogP contribution >= 0.6 is 0 Å². The Kier molecular flexibility index (Phi) is 4.42. The minimum Gasteiger partial charge on any atom is -0.365 e. The van der Waals surface area contributed by atoms with E-state index >= 15 is 0 Å². The fraction of sp³-hybridized carbons (Fsp3) is 0.368. The normalized spacial score (nSPS) is 16.5. The van der Waals surface area contributed by atoms with Gasteiger partial charge in [-0.05, 0) is 30.9 Å². The summed E-state index contributed by atoms with van der Waals surface area (Å²) in [5, 5.41) is 3.60. The second kappa shape index (κ2) is 7.01. The van der Waals surface area contributed by atoms with Crippen molar-refractivity contribution in [1.29, 1.82) is 0 Å². The SMILES string of the molecule is c1ccc(CCN2CCC(Nc3ncnc4cc[nH]c34)CC2)cc1. The third-order valence-corrected chi connectivity index (χ3v) is 4.83. The van der Waals surface area contributed by atoms with Crippen molar-refractivity contribution >= 4 is 16.9 Å². The molecule has 5 heteroatoms. The van der Waals surface area contributed by atoms with Gasteiger partial charge in [0.05, 0.1) is 5.52 Å². The van der Waals surface area contributed by atoms with Crippen molar-refractivity contribution in [2.75, 3.05) is 25.0 Å². The van der Waals surface area contributed by atoms with Crippen molar-refractivity contribution in [2.45, 2.75) is 25.3 Å². The maximum Gasteiger partial charge on any atom is 0.154 e. The van der Waals surface area contributed by atoms with Gasteiger partial charge in [0.15, 0.2) is 5.82 Å². The number of likely N-dealkylation sites (tertiary alicyclic amines) is 1. The summed E-state index contributed by atoms with van der Waals surface area (Å²) in [7, 11) is 0. The lowest BCUT2D eigenvalue weighted by atomic mass is 10.0. The van der Waals surface area contributed by atoms with E-state index in [1.54, 1.807) is 6.33 Å². The second-order valence-corrected chi connectivity index (χ2v) is 6.46. The molecule has 124 valence electrons. The van der Waals surface area contributed by atoms with Crippen LogP contribution in [0.2, 0.25) is 0 Å². The Morgan fingerprint density at radius 2 is 1.92 bits per heavy atom. The highest BCUT2D eigenvalue weighted by Gasteiger charge is 2.20. The summed E-state index contributed by atoms with van der Waals surface area (Å²) in [5.41, 5.74) is 3.39. The zero-order valence-corrected chi connectivity index (χ0v) is 13.8. The number of nitrogens with one attached hydrogen (secondary N) is 2. The summed E-state index contributed by atoms with van der Waals surface area (Å²) >= 11 is 0. The molecule has 0 amide bonds. The summed E-state index contributed by atoms with van der Waals surface area (Å²) in [6.45, 7) is 3.43. The van der Waals surface area contributed by atoms with Crippen molar-refractivity contribution < 1.29 is 0 Å². The van der Waals surface area contributed by atoms with Crippen molar-refractivity contribution in [2.24, 2.45) is 0 Å². The number of rotatable bonds is 5. The molecule has 24 heavy (non-hydrogen) atoms. The highest BCUT2D eigenvalue weighted by atomic mass is 15.1. The Labute approximate surface area is 142 Å². The van der Waals surface area contributed by atoms with E-state index in [4.69, 9.17) is 0 Å². The number of piperidine rings is 1. The molecule has 1 aliphatic rings. The van der Waals surface area contributed by atoms with Crippen molar-refractivity contribution in [3.8, 4) is 0 Å². The van der Waals surface area contributed by atoms with Crippen LogP contribution in [0.4, 0.5) is 5.82 Å². The van der Waals surface area contributed by atoms with Crippen LogP contribution < -0.4 is 5.32 Å². The lowest BCUT2D eigenvalue weighted by Gasteiger charge is -2.32. The first-order chi connectivity index (χ1) is 11.9. The molecule has 3 heterocycles. The first kappa shape index (κ1) is 15.1. The third-order valence-electron chi connectivity index (χ3n) is 4.83. The van der Waals surface area contributed by atoms with Crippen LogP contribution in [0.5, 0.6) is 0 Å². The summed E-state index contributed by atoms with van der Waals surface area (Å²) < 4.78 is 0. The van der Waals surface area contributed by atoms with E-state index < -0.39 is 0 Å². The number of aromatic amines is 1. The topological polar surface area (TPSA) is 56.8 Å².